The Balaban J connectivity index is 2.12. The highest BCUT2D eigenvalue weighted by molar-refractivity contribution is 7.89. The zero-order valence-electron chi connectivity index (χ0n) is 10.3. The average molecular weight is 298 g/mol. The predicted octanol–water partition coefficient (Wildman–Crippen LogP) is 1.45. The van der Waals surface area contributed by atoms with Crippen LogP contribution in [0, 0.1) is 0 Å². The number of pyridine rings is 1. The fourth-order valence-electron chi connectivity index (χ4n) is 1.44. The molecule has 19 heavy (non-hydrogen) atoms. The van der Waals surface area contributed by atoms with E-state index in [1.54, 1.807) is 11.7 Å². The molecule has 0 spiro atoms. The lowest BCUT2D eigenvalue weighted by molar-refractivity contribution is 0.581. The van der Waals surface area contributed by atoms with Gasteiger partial charge in [0.05, 0.1) is 10.4 Å². The molecule has 0 radical (unpaired) electrons. The topological polar surface area (TPSA) is 84.0 Å². The monoisotopic (exact) mass is 298 g/mol. The molecule has 0 bridgehead atoms. The lowest BCUT2D eigenvalue weighted by atomic mass is 10.4. The molecule has 8 heteroatoms. The number of nitrogens with one attached hydrogen (secondary N) is 2. The first kappa shape index (κ1) is 13.9. The molecule has 0 atom stereocenters. The Hall–Kier alpha value is -1.51. The Kier molecular flexibility index (Phi) is 4.46. The first-order chi connectivity index (χ1) is 9.12. The Morgan fingerprint density at radius 1 is 1.42 bits per heavy atom. The van der Waals surface area contributed by atoms with Gasteiger partial charge in [0.15, 0.2) is 0 Å². The molecule has 0 aliphatic carbocycles. The van der Waals surface area contributed by atoms with Gasteiger partial charge in [-0.25, -0.2) is 18.1 Å². The van der Waals surface area contributed by atoms with Crippen LogP contribution in [-0.2, 0) is 16.6 Å². The third-order valence-electron chi connectivity index (χ3n) is 2.32. The number of anilines is 1. The molecule has 0 aromatic carbocycles. The van der Waals surface area contributed by atoms with Gasteiger partial charge < -0.3 is 5.32 Å². The lowest BCUT2D eigenvalue weighted by Crippen LogP contribution is -2.23. The summed E-state index contributed by atoms with van der Waals surface area (Å²) >= 11 is 1.41. The highest BCUT2D eigenvalue weighted by atomic mass is 32.2. The van der Waals surface area contributed by atoms with Gasteiger partial charge in [0.25, 0.3) is 0 Å². The van der Waals surface area contributed by atoms with Crippen LogP contribution in [0.1, 0.15) is 11.8 Å². The standard InChI is InChI=1S/C11H14N4O2S2/c1-2-13-11-5-10(3-4-14-11)19(16,17)15-7-9-6-12-8-18-9/h3-6,8,15H,2,7H2,1H3,(H,13,14). The van der Waals surface area contributed by atoms with Gasteiger partial charge in [-0.05, 0) is 13.0 Å². The highest BCUT2D eigenvalue weighted by Crippen LogP contribution is 2.13. The first-order valence-corrected chi connectivity index (χ1v) is 8.05. The summed E-state index contributed by atoms with van der Waals surface area (Å²) in [5, 5.41) is 2.98. The number of thiazole rings is 1. The molecule has 0 fully saturated rings. The highest BCUT2D eigenvalue weighted by Gasteiger charge is 2.14. The molecule has 0 unspecified atom stereocenters. The Bertz CT molecular complexity index is 626. The minimum atomic E-state index is -3.53. The van der Waals surface area contributed by atoms with E-state index in [1.165, 1.54) is 29.7 Å². The maximum atomic E-state index is 12.1. The van der Waals surface area contributed by atoms with Crippen molar-refractivity contribution in [2.45, 2.75) is 18.4 Å². The number of rotatable bonds is 6. The van der Waals surface area contributed by atoms with Gasteiger partial charge in [-0.3, -0.25) is 4.98 Å². The van der Waals surface area contributed by atoms with Crippen LogP contribution < -0.4 is 10.0 Å². The van der Waals surface area contributed by atoms with E-state index >= 15 is 0 Å². The quantitative estimate of drug-likeness (QED) is 0.843. The van der Waals surface area contributed by atoms with E-state index in [2.05, 4.69) is 20.0 Å². The van der Waals surface area contributed by atoms with Gasteiger partial charge >= 0.3 is 0 Å². The van der Waals surface area contributed by atoms with Crippen LogP contribution in [0.4, 0.5) is 5.82 Å². The second-order valence-electron chi connectivity index (χ2n) is 3.70. The van der Waals surface area contributed by atoms with Gasteiger partial charge in [-0.1, -0.05) is 0 Å². The van der Waals surface area contributed by atoms with Crippen molar-refractivity contribution in [3.05, 3.63) is 34.9 Å². The molecule has 0 saturated carbocycles. The van der Waals surface area contributed by atoms with Crippen molar-refractivity contribution in [1.29, 1.82) is 0 Å². The molecule has 2 aromatic rings. The number of hydrogen-bond acceptors (Lipinski definition) is 6. The number of sulfonamides is 1. The van der Waals surface area contributed by atoms with Crippen LogP contribution in [0.5, 0.6) is 0 Å². The van der Waals surface area contributed by atoms with Gasteiger partial charge in [0.2, 0.25) is 10.0 Å². The van der Waals surface area contributed by atoms with E-state index in [0.29, 0.717) is 12.4 Å². The van der Waals surface area contributed by atoms with E-state index in [4.69, 9.17) is 0 Å². The molecule has 2 rings (SSSR count). The summed E-state index contributed by atoms with van der Waals surface area (Å²) in [6, 6.07) is 2.98. The van der Waals surface area contributed by atoms with E-state index in [0.717, 1.165) is 4.88 Å². The summed E-state index contributed by atoms with van der Waals surface area (Å²) in [7, 11) is -3.53. The van der Waals surface area contributed by atoms with Crippen LogP contribution >= 0.6 is 11.3 Å². The van der Waals surface area contributed by atoms with Crippen LogP contribution in [-0.4, -0.2) is 24.9 Å². The molecular weight excluding hydrogens is 284 g/mol. The van der Waals surface area contributed by atoms with Crippen molar-refractivity contribution < 1.29 is 8.42 Å². The van der Waals surface area contributed by atoms with Crippen molar-refractivity contribution in [2.24, 2.45) is 0 Å². The van der Waals surface area contributed by atoms with Crippen LogP contribution in [0.15, 0.2) is 34.9 Å². The molecule has 102 valence electrons. The van der Waals surface area contributed by atoms with E-state index in [-0.39, 0.29) is 11.4 Å². The minimum absolute atomic E-state index is 0.197. The number of hydrogen-bond donors (Lipinski definition) is 2. The van der Waals surface area contributed by atoms with Gasteiger partial charge in [-0.15, -0.1) is 11.3 Å². The maximum Gasteiger partial charge on any atom is 0.241 e. The van der Waals surface area contributed by atoms with E-state index in [9.17, 15) is 8.42 Å². The molecule has 2 aromatic heterocycles. The predicted molar refractivity (Wildman–Crippen MR) is 74.5 cm³/mol. The van der Waals surface area contributed by atoms with Crippen LogP contribution in [0.25, 0.3) is 0 Å². The second-order valence-corrected chi connectivity index (χ2v) is 6.44. The Morgan fingerprint density at radius 2 is 2.26 bits per heavy atom. The molecule has 0 aliphatic heterocycles. The average Bonchev–Trinajstić information content (AvgIpc) is 2.90. The number of aromatic nitrogens is 2. The third kappa shape index (κ3) is 3.72. The van der Waals surface area contributed by atoms with Crippen molar-refractivity contribution in [2.75, 3.05) is 11.9 Å². The fourth-order valence-corrected chi connectivity index (χ4v) is 3.08. The van der Waals surface area contributed by atoms with E-state index < -0.39 is 10.0 Å². The largest absolute Gasteiger partial charge is 0.370 e. The fraction of sp³-hybridized carbons (Fsp3) is 0.273. The molecule has 6 nitrogen and oxygen atoms in total. The van der Waals surface area contributed by atoms with Crippen LogP contribution in [0.3, 0.4) is 0 Å². The zero-order valence-corrected chi connectivity index (χ0v) is 12.0. The van der Waals surface area contributed by atoms with Crippen molar-refractivity contribution in [3.8, 4) is 0 Å². The van der Waals surface area contributed by atoms with Crippen molar-refractivity contribution in [1.82, 2.24) is 14.7 Å². The summed E-state index contributed by atoms with van der Waals surface area (Å²) in [5.41, 5.74) is 1.67. The van der Waals surface area contributed by atoms with Gasteiger partial charge in [0.1, 0.15) is 5.82 Å². The third-order valence-corrected chi connectivity index (χ3v) is 4.50. The Labute approximate surface area is 116 Å². The van der Waals surface area contributed by atoms with Gasteiger partial charge in [0, 0.05) is 36.4 Å². The molecule has 2 N–H and O–H groups in total. The first-order valence-electron chi connectivity index (χ1n) is 5.69. The lowest BCUT2D eigenvalue weighted by Gasteiger charge is -2.07. The second kappa shape index (κ2) is 6.09. The summed E-state index contributed by atoms with van der Waals surface area (Å²) in [4.78, 5) is 9.00. The summed E-state index contributed by atoms with van der Waals surface area (Å²) < 4.78 is 26.7. The molecule has 0 aliphatic rings. The van der Waals surface area contributed by atoms with E-state index in [1.807, 2.05) is 6.92 Å². The molecular formula is C11H14N4O2S2. The Morgan fingerprint density at radius 3 is 2.95 bits per heavy atom. The summed E-state index contributed by atoms with van der Waals surface area (Å²) in [6.07, 6.45) is 3.11. The van der Waals surface area contributed by atoms with Crippen LogP contribution in [0.2, 0.25) is 0 Å². The molecule has 0 saturated heterocycles. The SMILES string of the molecule is CCNc1cc(S(=O)(=O)NCc2cncs2)ccn1. The number of nitrogens with zero attached hydrogens (tertiary/aromatic N) is 2. The normalized spacial score (nSPS) is 11.4. The van der Waals surface area contributed by atoms with Crippen molar-refractivity contribution >= 4 is 27.2 Å². The minimum Gasteiger partial charge on any atom is -0.370 e. The smallest absolute Gasteiger partial charge is 0.241 e. The zero-order chi connectivity index (χ0) is 13.7. The van der Waals surface area contributed by atoms with Crippen molar-refractivity contribution in [3.63, 3.8) is 0 Å². The maximum absolute atomic E-state index is 12.1. The summed E-state index contributed by atoms with van der Waals surface area (Å²) in [6.45, 7) is 2.85. The molecule has 2 heterocycles. The molecule has 0 amide bonds. The van der Waals surface area contributed by atoms with Gasteiger partial charge in [-0.2, -0.15) is 0 Å². The summed E-state index contributed by atoms with van der Waals surface area (Å²) in [5.74, 6) is 0.545.